The summed E-state index contributed by atoms with van der Waals surface area (Å²) in [7, 11) is 1.63. The van der Waals surface area contributed by atoms with Crippen molar-refractivity contribution in [3.05, 3.63) is 36.0 Å². The monoisotopic (exact) mass is 433 g/mol. The van der Waals surface area contributed by atoms with Crippen LogP contribution in [0.15, 0.2) is 28.8 Å². The van der Waals surface area contributed by atoms with Gasteiger partial charge in [-0.2, -0.15) is 4.98 Å². The summed E-state index contributed by atoms with van der Waals surface area (Å²) >= 11 is 0. The number of rotatable bonds is 10. The molecule has 2 heterocycles. The molecule has 2 aromatic rings. The van der Waals surface area contributed by atoms with Gasteiger partial charge in [0.2, 0.25) is 23.5 Å². The number of methoxy groups -OCH3 is 1. The second kappa shape index (κ2) is 11.5. The maximum Gasteiger partial charge on any atom is 0.234 e. The quantitative estimate of drug-likeness (QED) is 0.560. The van der Waals surface area contributed by atoms with E-state index >= 15 is 0 Å². The molecule has 1 aromatic carbocycles. The molecule has 1 aliphatic rings. The third-order valence-corrected chi connectivity index (χ3v) is 5.06. The summed E-state index contributed by atoms with van der Waals surface area (Å²) in [5.41, 5.74) is 0.654. The number of piperazine rings is 1. The minimum atomic E-state index is -0.333. The number of carbonyl (C=O) groups excluding carboxylic acids is 2. The summed E-state index contributed by atoms with van der Waals surface area (Å²) in [5, 5.41) is 6.76. The number of benzene rings is 1. The zero-order valence-electron chi connectivity index (χ0n) is 17.7. The van der Waals surface area contributed by atoms with Gasteiger partial charge in [0.25, 0.3) is 0 Å². The van der Waals surface area contributed by atoms with Crippen molar-refractivity contribution in [1.82, 2.24) is 25.3 Å². The van der Waals surface area contributed by atoms with E-state index in [-0.39, 0.29) is 24.1 Å². The SMILES string of the molecule is COCCCNC(=O)CN1CCN(C(=O)CCc2nc(-c3ccc(F)cc3)no2)CC1. The van der Waals surface area contributed by atoms with Gasteiger partial charge < -0.3 is 19.5 Å². The van der Waals surface area contributed by atoms with Crippen LogP contribution in [0.1, 0.15) is 18.7 Å². The molecular weight excluding hydrogens is 405 g/mol. The van der Waals surface area contributed by atoms with Crippen LogP contribution in [0.5, 0.6) is 0 Å². The molecule has 0 saturated carbocycles. The van der Waals surface area contributed by atoms with E-state index in [1.165, 1.54) is 12.1 Å². The van der Waals surface area contributed by atoms with Crippen LogP contribution < -0.4 is 5.32 Å². The molecule has 0 radical (unpaired) electrons. The molecule has 1 saturated heterocycles. The van der Waals surface area contributed by atoms with Gasteiger partial charge in [0.05, 0.1) is 6.54 Å². The van der Waals surface area contributed by atoms with Gasteiger partial charge in [0.1, 0.15) is 5.82 Å². The molecule has 168 valence electrons. The molecule has 1 fully saturated rings. The Hall–Kier alpha value is -2.85. The van der Waals surface area contributed by atoms with Crippen molar-refractivity contribution in [2.45, 2.75) is 19.3 Å². The van der Waals surface area contributed by atoms with Gasteiger partial charge in [0, 0.05) is 64.8 Å². The topological polar surface area (TPSA) is 101 Å². The molecule has 3 rings (SSSR count). The van der Waals surface area contributed by atoms with E-state index in [9.17, 15) is 14.0 Å². The highest BCUT2D eigenvalue weighted by atomic mass is 19.1. The lowest BCUT2D eigenvalue weighted by Crippen LogP contribution is -2.51. The zero-order chi connectivity index (χ0) is 22.1. The number of aryl methyl sites for hydroxylation is 1. The smallest absolute Gasteiger partial charge is 0.234 e. The van der Waals surface area contributed by atoms with Crippen LogP contribution in [0.3, 0.4) is 0 Å². The van der Waals surface area contributed by atoms with Gasteiger partial charge in [-0.1, -0.05) is 5.16 Å². The largest absolute Gasteiger partial charge is 0.385 e. The Morgan fingerprint density at radius 2 is 1.94 bits per heavy atom. The van der Waals surface area contributed by atoms with E-state index in [4.69, 9.17) is 9.26 Å². The molecule has 1 aliphatic heterocycles. The van der Waals surface area contributed by atoms with Crippen LogP contribution >= 0.6 is 0 Å². The van der Waals surface area contributed by atoms with Crippen molar-refractivity contribution in [2.24, 2.45) is 0 Å². The fraction of sp³-hybridized carbons (Fsp3) is 0.524. The Kier molecular flexibility index (Phi) is 8.48. The summed E-state index contributed by atoms with van der Waals surface area (Å²) < 4.78 is 23.2. The van der Waals surface area contributed by atoms with E-state index in [2.05, 4.69) is 15.5 Å². The second-order valence-electron chi connectivity index (χ2n) is 7.37. The first-order valence-corrected chi connectivity index (χ1v) is 10.4. The number of nitrogens with one attached hydrogen (secondary N) is 1. The fourth-order valence-electron chi connectivity index (χ4n) is 3.30. The van der Waals surface area contributed by atoms with E-state index in [1.807, 2.05) is 4.90 Å². The summed E-state index contributed by atoms with van der Waals surface area (Å²) in [6.45, 7) is 4.05. The molecular formula is C21H28FN5O4. The van der Waals surface area contributed by atoms with Gasteiger partial charge in [-0.05, 0) is 30.7 Å². The Labute approximate surface area is 180 Å². The molecule has 0 bridgehead atoms. The third kappa shape index (κ3) is 7.11. The Morgan fingerprint density at radius 1 is 1.19 bits per heavy atom. The molecule has 1 aromatic heterocycles. The second-order valence-corrected chi connectivity index (χ2v) is 7.37. The third-order valence-electron chi connectivity index (χ3n) is 5.06. The molecule has 0 atom stereocenters. The van der Waals surface area contributed by atoms with Gasteiger partial charge in [-0.25, -0.2) is 4.39 Å². The van der Waals surface area contributed by atoms with Gasteiger partial charge in [-0.3, -0.25) is 14.5 Å². The summed E-state index contributed by atoms with van der Waals surface area (Å²) in [6.07, 6.45) is 1.40. The van der Waals surface area contributed by atoms with Crippen LogP contribution in [0, 0.1) is 5.82 Å². The first-order chi connectivity index (χ1) is 15.0. The number of carbonyl (C=O) groups is 2. The number of amides is 2. The van der Waals surface area contributed by atoms with Crippen LogP contribution in [-0.4, -0.2) is 84.7 Å². The van der Waals surface area contributed by atoms with Gasteiger partial charge >= 0.3 is 0 Å². The van der Waals surface area contributed by atoms with Crippen molar-refractivity contribution in [1.29, 1.82) is 0 Å². The van der Waals surface area contributed by atoms with Crippen molar-refractivity contribution < 1.29 is 23.2 Å². The molecule has 31 heavy (non-hydrogen) atoms. The Morgan fingerprint density at radius 3 is 2.65 bits per heavy atom. The molecule has 10 heteroatoms. The molecule has 2 amide bonds. The summed E-state index contributed by atoms with van der Waals surface area (Å²) in [6, 6.07) is 5.82. The first kappa shape index (κ1) is 22.8. The van der Waals surface area contributed by atoms with Crippen LogP contribution in [0.2, 0.25) is 0 Å². The predicted octanol–water partition coefficient (Wildman–Crippen LogP) is 1.11. The highest BCUT2D eigenvalue weighted by Gasteiger charge is 2.22. The van der Waals surface area contributed by atoms with Gasteiger partial charge in [-0.15, -0.1) is 0 Å². The molecule has 1 N–H and O–H groups in total. The summed E-state index contributed by atoms with van der Waals surface area (Å²) in [5.74, 6) is 0.420. The lowest BCUT2D eigenvalue weighted by molar-refractivity contribution is -0.133. The standard InChI is InChI=1S/C21H28FN5O4/c1-30-14-2-9-23-18(28)15-26-10-12-27(13-11-26)20(29)8-7-19-24-21(25-31-19)16-3-5-17(22)6-4-16/h3-6H,2,7-15H2,1H3,(H,23,28). The number of ether oxygens (including phenoxy) is 1. The van der Waals surface area contributed by atoms with E-state index in [0.29, 0.717) is 69.6 Å². The molecule has 9 nitrogen and oxygen atoms in total. The number of hydrogen-bond acceptors (Lipinski definition) is 7. The van der Waals surface area contributed by atoms with Crippen LogP contribution in [-0.2, 0) is 20.7 Å². The first-order valence-electron chi connectivity index (χ1n) is 10.4. The van der Waals surface area contributed by atoms with Crippen molar-refractivity contribution in [3.8, 4) is 11.4 Å². The number of aromatic nitrogens is 2. The summed E-state index contributed by atoms with van der Waals surface area (Å²) in [4.78, 5) is 32.6. The van der Waals surface area contributed by atoms with E-state index in [0.717, 1.165) is 6.42 Å². The van der Waals surface area contributed by atoms with Crippen molar-refractivity contribution in [2.75, 3.05) is 53.0 Å². The number of nitrogens with zero attached hydrogens (tertiary/aromatic N) is 4. The molecule has 0 spiro atoms. The molecule has 0 unspecified atom stereocenters. The Balaban J connectivity index is 1.37. The fourth-order valence-corrected chi connectivity index (χ4v) is 3.30. The predicted molar refractivity (Wildman–Crippen MR) is 111 cm³/mol. The normalized spacial score (nSPS) is 14.6. The maximum absolute atomic E-state index is 13.0. The molecule has 0 aliphatic carbocycles. The van der Waals surface area contributed by atoms with Gasteiger partial charge in [0.15, 0.2) is 0 Å². The van der Waals surface area contributed by atoms with Crippen LogP contribution in [0.4, 0.5) is 4.39 Å². The average Bonchev–Trinajstić information content (AvgIpc) is 3.25. The lowest BCUT2D eigenvalue weighted by Gasteiger charge is -2.34. The highest BCUT2D eigenvalue weighted by Crippen LogP contribution is 2.17. The minimum absolute atomic E-state index is 0.00997. The van der Waals surface area contributed by atoms with Crippen LogP contribution in [0.25, 0.3) is 11.4 Å². The lowest BCUT2D eigenvalue weighted by atomic mass is 10.2. The Bertz CT molecular complexity index is 850. The average molecular weight is 433 g/mol. The number of halogens is 1. The highest BCUT2D eigenvalue weighted by molar-refractivity contribution is 5.78. The van der Waals surface area contributed by atoms with E-state index in [1.54, 1.807) is 24.1 Å². The zero-order valence-corrected chi connectivity index (χ0v) is 17.7. The number of hydrogen-bond donors (Lipinski definition) is 1. The minimum Gasteiger partial charge on any atom is -0.385 e. The van der Waals surface area contributed by atoms with E-state index < -0.39 is 0 Å². The van der Waals surface area contributed by atoms with Crippen molar-refractivity contribution in [3.63, 3.8) is 0 Å². The maximum atomic E-state index is 13.0. The van der Waals surface area contributed by atoms with Crippen molar-refractivity contribution >= 4 is 11.8 Å².